The molecule has 1 aromatic rings. The van der Waals surface area contributed by atoms with Crippen LogP contribution in [-0.2, 0) is 6.42 Å². The third-order valence-electron chi connectivity index (χ3n) is 2.67. The predicted octanol–water partition coefficient (Wildman–Crippen LogP) is 1.93. The highest BCUT2D eigenvalue weighted by Crippen LogP contribution is 2.28. The van der Waals surface area contributed by atoms with E-state index in [4.69, 9.17) is 5.11 Å². The summed E-state index contributed by atoms with van der Waals surface area (Å²) in [6.45, 7) is 5.42. The summed E-state index contributed by atoms with van der Waals surface area (Å²) in [5, 5.41) is 8.89. The van der Waals surface area contributed by atoms with Crippen molar-refractivity contribution >= 4 is 11.7 Å². The average Bonchev–Trinajstić information content (AvgIpc) is 2.61. The first-order valence-corrected chi connectivity index (χ1v) is 4.94. The highest BCUT2D eigenvalue weighted by atomic mass is 16.4. The summed E-state index contributed by atoms with van der Waals surface area (Å²) in [6.07, 6.45) is 2.83. The Hall–Kier alpha value is -1.77. The maximum atomic E-state index is 10.8. The number of rotatable bonds is 3. The molecular formula is C12H13NO2. The first-order valence-electron chi connectivity index (χ1n) is 4.94. The quantitative estimate of drug-likeness (QED) is 0.763. The van der Waals surface area contributed by atoms with E-state index in [1.54, 1.807) is 12.1 Å². The fourth-order valence-electron chi connectivity index (χ4n) is 1.92. The first-order chi connectivity index (χ1) is 7.22. The number of benzene rings is 1. The third-order valence-corrected chi connectivity index (χ3v) is 2.67. The highest BCUT2D eigenvalue weighted by Gasteiger charge is 2.19. The van der Waals surface area contributed by atoms with Crippen LogP contribution in [0.1, 0.15) is 15.9 Å². The molecule has 2 rings (SSSR count). The molecule has 3 nitrogen and oxygen atoms in total. The smallest absolute Gasteiger partial charge is 0.335 e. The monoisotopic (exact) mass is 203 g/mol. The lowest BCUT2D eigenvalue weighted by Crippen LogP contribution is -2.20. The minimum absolute atomic E-state index is 0.352. The van der Waals surface area contributed by atoms with E-state index in [0.717, 1.165) is 25.2 Å². The molecule has 78 valence electrons. The molecule has 0 saturated carbocycles. The van der Waals surface area contributed by atoms with Crippen molar-refractivity contribution in [1.29, 1.82) is 0 Å². The average molecular weight is 203 g/mol. The number of carboxylic acid groups (broad SMARTS) is 1. The Morgan fingerprint density at radius 1 is 1.60 bits per heavy atom. The van der Waals surface area contributed by atoms with Gasteiger partial charge in [-0.1, -0.05) is 12.1 Å². The Morgan fingerprint density at radius 3 is 3.07 bits per heavy atom. The van der Waals surface area contributed by atoms with Crippen molar-refractivity contribution in [3.8, 4) is 0 Å². The number of hydrogen-bond acceptors (Lipinski definition) is 2. The third kappa shape index (κ3) is 1.73. The molecule has 0 fully saturated rings. The van der Waals surface area contributed by atoms with E-state index >= 15 is 0 Å². The van der Waals surface area contributed by atoms with Crippen molar-refractivity contribution < 1.29 is 9.90 Å². The van der Waals surface area contributed by atoms with Crippen LogP contribution in [0, 0.1) is 0 Å². The van der Waals surface area contributed by atoms with Gasteiger partial charge >= 0.3 is 5.97 Å². The van der Waals surface area contributed by atoms with Crippen LogP contribution in [0.15, 0.2) is 30.9 Å². The molecule has 1 heterocycles. The van der Waals surface area contributed by atoms with Crippen LogP contribution in [0.3, 0.4) is 0 Å². The molecule has 0 atom stereocenters. The fourth-order valence-corrected chi connectivity index (χ4v) is 1.92. The van der Waals surface area contributed by atoms with E-state index in [-0.39, 0.29) is 0 Å². The molecule has 0 amide bonds. The maximum absolute atomic E-state index is 10.8. The number of hydrogen-bond donors (Lipinski definition) is 1. The molecule has 0 aromatic heterocycles. The molecule has 0 bridgehead atoms. The molecule has 1 aliphatic rings. The second-order valence-corrected chi connectivity index (χ2v) is 3.63. The number of carboxylic acids is 1. The molecular weight excluding hydrogens is 190 g/mol. The van der Waals surface area contributed by atoms with Gasteiger partial charge in [-0.15, -0.1) is 6.58 Å². The van der Waals surface area contributed by atoms with Crippen molar-refractivity contribution in [3.63, 3.8) is 0 Å². The maximum Gasteiger partial charge on any atom is 0.335 e. The largest absolute Gasteiger partial charge is 0.478 e. The molecule has 0 saturated heterocycles. The van der Waals surface area contributed by atoms with Crippen molar-refractivity contribution in [1.82, 2.24) is 0 Å². The van der Waals surface area contributed by atoms with Gasteiger partial charge in [0.2, 0.25) is 0 Å². The van der Waals surface area contributed by atoms with Gasteiger partial charge in [0.05, 0.1) is 5.56 Å². The van der Waals surface area contributed by atoms with E-state index < -0.39 is 5.97 Å². The molecule has 0 unspecified atom stereocenters. The van der Waals surface area contributed by atoms with Crippen LogP contribution in [0.5, 0.6) is 0 Å². The topological polar surface area (TPSA) is 40.5 Å². The molecule has 1 aromatic carbocycles. The molecule has 0 aliphatic carbocycles. The first kappa shape index (κ1) is 9.77. The van der Waals surface area contributed by atoms with Crippen LogP contribution in [0.2, 0.25) is 0 Å². The van der Waals surface area contributed by atoms with E-state index in [9.17, 15) is 4.79 Å². The van der Waals surface area contributed by atoms with Crippen LogP contribution in [0.25, 0.3) is 0 Å². The van der Waals surface area contributed by atoms with E-state index in [1.807, 2.05) is 12.1 Å². The summed E-state index contributed by atoms with van der Waals surface area (Å²) in [7, 11) is 0. The van der Waals surface area contributed by atoms with Gasteiger partial charge in [0.1, 0.15) is 0 Å². The normalized spacial score (nSPS) is 13.7. The van der Waals surface area contributed by atoms with Crippen molar-refractivity contribution in [2.75, 3.05) is 18.0 Å². The number of aromatic carboxylic acids is 1. The zero-order chi connectivity index (χ0) is 10.8. The second kappa shape index (κ2) is 3.77. The SMILES string of the molecule is C=CCN1CCc2ccc(C(=O)O)cc21. The van der Waals surface area contributed by atoms with Crippen LogP contribution in [0.4, 0.5) is 5.69 Å². The van der Waals surface area contributed by atoms with Gasteiger partial charge in [0, 0.05) is 18.8 Å². The second-order valence-electron chi connectivity index (χ2n) is 3.63. The van der Waals surface area contributed by atoms with Gasteiger partial charge in [-0.2, -0.15) is 0 Å². The lowest BCUT2D eigenvalue weighted by molar-refractivity contribution is 0.0697. The number of carbonyl (C=O) groups is 1. The number of fused-ring (bicyclic) bond motifs is 1. The van der Waals surface area contributed by atoms with Crippen molar-refractivity contribution in [2.45, 2.75) is 6.42 Å². The molecule has 3 heteroatoms. The summed E-state index contributed by atoms with van der Waals surface area (Å²) in [5.41, 5.74) is 2.61. The fraction of sp³-hybridized carbons (Fsp3) is 0.250. The molecule has 0 spiro atoms. The lowest BCUT2D eigenvalue weighted by atomic mass is 10.1. The van der Waals surface area contributed by atoms with Gasteiger partial charge in [-0.25, -0.2) is 4.79 Å². The van der Waals surface area contributed by atoms with E-state index in [1.165, 1.54) is 5.56 Å². The summed E-state index contributed by atoms with van der Waals surface area (Å²) in [5.74, 6) is -0.872. The van der Waals surface area contributed by atoms with Crippen LogP contribution >= 0.6 is 0 Å². The predicted molar refractivity (Wildman–Crippen MR) is 59.5 cm³/mol. The molecule has 1 aliphatic heterocycles. The summed E-state index contributed by atoms with van der Waals surface area (Å²) in [4.78, 5) is 13.0. The van der Waals surface area contributed by atoms with E-state index in [2.05, 4.69) is 11.5 Å². The van der Waals surface area contributed by atoms with Gasteiger partial charge < -0.3 is 10.0 Å². The van der Waals surface area contributed by atoms with Gasteiger partial charge in [0.25, 0.3) is 0 Å². The van der Waals surface area contributed by atoms with Gasteiger partial charge in [0.15, 0.2) is 0 Å². The molecule has 15 heavy (non-hydrogen) atoms. The summed E-state index contributed by atoms with van der Waals surface area (Å²) >= 11 is 0. The minimum atomic E-state index is -0.872. The molecule has 1 N–H and O–H groups in total. The minimum Gasteiger partial charge on any atom is -0.478 e. The Balaban J connectivity index is 2.37. The van der Waals surface area contributed by atoms with E-state index in [0.29, 0.717) is 5.56 Å². The van der Waals surface area contributed by atoms with Crippen LogP contribution in [-0.4, -0.2) is 24.2 Å². The van der Waals surface area contributed by atoms with Crippen molar-refractivity contribution in [3.05, 3.63) is 42.0 Å². The summed E-state index contributed by atoms with van der Waals surface area (Å²) in [6, 6.07) is 5.31. The lowest BCUT2D eigenvalue weighted by Gasteiger charge is -2.17. The highest BCUT2D eigenvalue weighted by molar-refractivity contribution is 5.89. The Morgan fingerprint density at radius 2 is 2.40 bits per heavy atom. The Kier molecular flexibility index (Phi) is 2.46. The zero-order valence-electron chi connectivity index (χ0n) is 8.44. The van der Waals surface area contributed by atoms with Gasteiger partial charge in [-0.3, -0.25) is 0 Å². The van der Waals surface area contributed by atoms with Crippen LogP contribution < -0.4 is 4.90 Å². The Bertz CT molecular complexity index is 412. The number of nitrogens with zero attached hydrogens (tertiary/aromatic N) is 1. The number of anilines is 1. The zero-order valence-corrected chi connectivity index (χ0v) is 8.44. The summed E-state index contributed by atoms with van der Waals surface area (Å²) < 4.78 is 0. The van der Waals surface area contributed by atoms with Gasteiger partial charge in [-0.05, 0) is 24.1 Å². The standard InChI is InChI=1S/C12H13NO2/c1-2-6-13-7-5-9-3-4-10(12(14)15)8-11(9)13/h2-4,8H,1,5-7H2,(H,14,15). The molecule has 0 radical (unpaired) electrons. The van der Waals surface area contributed by atoms with Crippen molar-refractivity contribution in [2.24, 2.45) is 0 Å². The Labute approximate surface area is 88.6 Å².